The van der Waals surface area contributed by atoms with E-state index < -0.39 is 0 Å². The Kier molecular flexibility index (Phi) is 4.79. The fourth-order valence-electron chi connectivity index (χ4n) is 2.81. The summed E-state index contributed by atoms with van der Waals surface area (Å²) >= 11 is 0. The standard InChI is InChI=1S/C19H20N2O4/c1-23-16-10-13(11-17(24-2)18(16)25-3)19(22)21-20-15-9-8-12-6-4-5-7-14(12)15/h4-7,9-11,20H,8H2,1-3H3,(H,21,22). The molecule has 130 valence electrons. The number of amides is 1. The second-order valence-electron chi connectivity index (χ2n) is 5.47. The average molecular weight is 340 g/mol. The molecule has 0 heterocycles. The third-order valence-electron chi connectivity index (χ3n) is 4.07. The fraction of sp³-hybridized carbons (Fsp3) is 0.211. The second kappa shape index (κ2) is 7.17. The summed E-state index contributed by atoms with van der Waals surface area (Å²) < 4.78 is 15.8. The number of rotatable bonds is 6. The number of ether oxygens (including phenoxy) is 3. The number of fused-ring (bicyclic) bond motifs is 1. The van der Waals surface area contributed by atoms with Gasteiger partial charge in [0.1, 0.15) is 0 Å². The Hall–Kier alpha value is -3.15. The molecule has 6 nitrogen and oxygen atoms in total. The number of hydrazine groups is 1. The molecule has 0 aromatic heterocycles. The van der Waals surface area contributed by atoms with Gasteiger partial charge in [-0.05, 0) is 24.1 Å². The van der Waals surface area contributed by atoms with Crippen LogP contribution in [0.1, 0.15) is 21.5 Å². The zero-order chi connectivity index (χ0) is 17.8. The smallest absolute Gasteiger partial charge is 0.269 e. The van der Waals surface area contributed by atoms with Crippen molar-refractivity contribution in [2.45, 2.75) is 6.42 Å². The quantitative estimate of drug-likeness (QED) is 0.791. The normalized spacial score (nSPS) is 12.0. The molecule has 6 heteroatoms. The molecule has 25 heavy (non-hydrogen) atoms. The van der Waals surface area contributed by atoms with Crippen LogP contribution in [0, 0.1) is 0 Å². The summed E-state index contributed by atoms with van der Waals surface area (Å²) in [5, 5.41) is 0. The van der Waals surface area contributed by atoms with Crippen molar-refractivity contribution in [3.63, 3.8) is 0 Å². The van der Waals surface area contributed by atoms with Crippen molar-refractivity contribution in [1.29, 1.82) is 0 Å². The Balaban J connectivity index is 1.76. The topological polar surface area (TPSA) is 68.8 Å². The first kappa shape index (κ1) is 16.7. The van der Waals surface area contributed by atoms with Gasteiger partial charge < -0.3 is 14.2 Å². The van der Waals surface area contributed by atoms with Crippen LogP contribution in [0.2, 0.25) is 0 Å². The predicted molar refractivity (Wildman–Crippen MR) is 94.8 cm³/mol. The van der Waals surface area contributed by atoms with E-state index in [4.69, 9.17) is 14.2 Å². The first-order chi connectivity index (χ1) is 12.2. The van der Waals surface area contributed by atoms with Crippen molar-refractivity contribution in [2.75, 3.05) is 21.3 Å². The van der Waals surface area contributed by atoms with Crippen molar-refractivity contribution >= 4 is 11.6 Å². The summed E-state index contributed by atoms with van der Waals surface area (Å²) in [5.41, 5.74) is 9.30. The summed E-state index contributed by atoms with van der Waals surface area (Å²) in [4.78, 5) is 12.5. The van der Waals surface area contributed by atoms with E-state index in [2.05, 4.69) is 16.9 Å². The maximum absolute atomic E-state index is 12.5. The van der Waals surface area contributed by atoms with Crippen molar-refractivity contribution in [3.8, 4) is 17.2 Å². The summed E-state index contributed by atoms with van der Waals surface area (Å²) in [6.07, 6.45) is 2.89. The fourth-order valence-corrected chi connectivity index (χ4v) is 2.81. The highest BCUT2D eigenvalue weighted by atomic mass is 16.5. The molecule has 3 rings (SSSR count). The lowest BCUT2D eigenvalue weighted by atomic mass is 10.1. The van der Waals surface area contributed by atoms with E-state index in [0.717, 1.165) is 17.7 Å². The molecular formula is C19H20N2O4. The van der Waals surface area contributed by atoms with Gasteiger partial charge in [-0.1, -0.05) is 30.3 Å². The number of nitrogens with one attached hydrogen (secondary N) is 2. The van der Waals surface area contributed by atoms with E-state index in [1.54, 1.807) is 12.1 Å². The molecule has 0 saturated carbocycles. The number of methoxy groups -OCH3 is 3. The first-order valence-electron chi connectivity index (χ1n) is 7.82. The van der Waals surface area contributed by atoms with E-state index in [0.29, 0.717) is 22.8 Å². The van der Waals surface area contributed by atoms with Crippen LogP contribution in [0.25, 0.3) is 5.70 Å². The van der Waals surface area contributed by atoms with Gasteiger partial charge in [0.05, 0.1) is 27.0 Å². The molecule has 0 aliphatic heterocycles. The lowest BCUT2D eigenvalue weighted by molar-refractivity contribution is 0.0941. The van der Waals surface area contributed by atoms with Gasteiger partial charge in [0.2, 0.25) is 5.75 Å². The van der Waals surface area contributed by atoms with E-state index >= 15 is 0 Å². The first-order valence-corrected chi connectivity index (χ1v) is 7.82. The van der Waals surface area contributed by atoms with Crippen molar-refractivity contribution in [3.05, 3.63) is 59.2 Å². The van der Waals surface area contributed by atoms with Gasteiger partial charge in [0.15, 0.2) is 11.5 Å². The third-order valence-corrected chi connectivity index (χ3v) is 4.07. The van der Waals surface area contributed by atoms with E-state index in [9.17, 15) is 4.79 Å². The summed E-state index contributed by atoms with van der Waals surface area (Å²) in [6.45, 7) is 0. The molecule has 0 radical (unpaired) electrons. The van der Waals surface area contributed by atoms with Crippen LogP contribution in [-0.4, -0.2) is 27.2 Å². The van der Waals surface area contributed by atoms with Crippen LogP contribution in [0.15, 0.2) is 42.5 Å². The molecule has 2 aromatic rings. The van der Waals surface area contributed by atoms with Gasteiger partial charge in [-0.2, -0.15) is 0 Å². The van der Waals surface area contributed by atoms with E-state index in [1.165, 1.54) is 26.9 Å². The summed E-state index contributed by atoms with van der Waals surface area (Å²) in [5.74, 6) is 1.00. The molecule has 0 spiro atoms. The molecule has 2 N–H and O–H groups in total. The molecule has 0 saturated heterocycles. The second-order valence-corrected chi connectivity index (χ2v) is 5.47. The lowest BCUT2D eigenvalue weighted by Gasteiger charge is -2.15. The molecule has 0 atom stereocenters. The maximum atomic E-state index is 12.5. The predicted octanol–water partition coefficient (Wildman–Crippen LogP) is 2.54. The Morgan fingerprint density at radius 3 is 2.32 bits per heavy atom. The monoisotopic (exact) mass is 340 g/mol. The molecule has 0 unspecified atom stereocenters. The van der Waals surface area contributed by atoms with Gasteiger partial charge in [0.25, 0.3) is 5.91 Å². The minimum atomic E-state index is -0.301. The molecule has 1 aliphatic rings. The molecular weight excluding hydrogens is 320 g/mol. The van der Waals surface area contributed by atoms with Gasteiger partial charge in [-0.25, -0.2) is 0 Å². The Morgan fingerprint density at radius 1 is 1.00 bits per heavy atom. The molecule has 0 bridgehead atoms. The Morgan fingerprint density at radius 2 is 1.68 bits per heavy atom. The molecule has 2 aromatic carbocycles. The highest BCUT2D eigenvalue weighted by Gasteiger charge is 2.18. The van der Waals surface area contributed by atoms with Crippen LogP contribution < -0.4 is 25.1 Å². The SMILES string of the molecule is COc1cc(C(=O)NNC2=CCc3ccccc32)cc(OC)c1OC. The van der Waals surface area contributed by atoms with Crippen LogP contribution >= 0.6 is 0 Å². The number of hydrogen-bond acceptors (Lipinski definition) is 5. The van der Waals surface area contributed by atoms with Crippen molar-refractivity contribution in [1.82, 2.24) is 10.9 Å². The number of carbonyl (C=O) groups excluding carboxylic acids is 1. The zero-order valence-corrected chi connectivity index (χ0v) is 14.4. The van der Waals surface area contributed by atoms with Gasteiger partial charge >= 0.3 is 0 Å². The largest absolute Gasteiger partial charge is 0.493 e. The third kappa shape index (κ3) is 3.24. The van der Waals surface area contributed by atoms with Crippen molar-refractivity contribution < 1.29 is 19.0 Å². The van der Waals surface area contributed by atoms with Crippen LogP contribution in [0.3, 0.4) is 0 Å². The highest BCUT2D eigenvalue weighted by molar-refractivity contribution is 5.96. The highest BCUT2D eigenvalue weighted by Crippen LogP contribution is 2.38. The number of benzene rings is 2. The van der Waals surface area contributed by atoms with E-state index in [-0.39, 0.29) is 5.91 Å². The van der Waals surface area contributed by atoms with Gasteiger partial charge in [-0.3, -0.25) is 15.6 Å². The van der Waals surface area contributed by atoms with Crippen molar-refractivity contribution in [2.24, 2.45) is 0 Å². The summed E-state index contributed by atoms with van der Waals surface area (Å²) in [6, 6.07) is 11.3. The molecule has 0 fully saturated rings. The average Bonchev–Trinajstić information content (AvgIpc) is 3.07. The van der Waals surface area contributed by atoms with Crippen LogP contribution in [0.4, 0.5) is 0 Å². The number of hydrogen-bond donors (Lipinski definition) is 2. The van der Waals surface area contributed by atoms with Gasteiger partial charge in [0, 0.05) is 11.1 Å². The lowest BCUT2D eigenvalue weighted by Crippen LogP contribution is -2.35. The Labute approximate surface area is 146 Å². The number of allylic oxidation sites excluding steroid dienone is 1. The van der Waals surface area contributed by atoms with Gasteiger partial charge in [-0.15, -0.1) is 0 Å². The minimum absolute atomic E-state index is 0.301. The zero-order valence-electron chi connectivity index (χ0n) is 14.4. The van der Waals surface area contributed by atoms with Crippen LogP contribution in [-0.2, 0) is 6.42 Å². The Bertz CT molecular complexity index is 805. The molecule has 1 aliphatic carbocycles. The maximum Gasteiger partial charge on any atom is 0.269 e. The molecule has 1 amide bonds. The number of carbonyl (C=O) groups is 1. The van der Waals surface area contributed by atoms with E-state index in [1.807, 2.05) is 24.3 Å². The van der Waals surface area contributed by atoms with Crippen LogP contribution in [0.5, 0.6) is 17.2 Å². The minimum Gasteiger partial charge on any atom is -0.493 e. The summed E-state index contributed by atoms with van der Waals surface area (Å²) in [7, 11) is 4.54.